The normalized spacial score (nSPS) is 14.3. The highest BCUT2D eigenvalue weighted by molar-refractivity contribution is 6.22. The molecule has 126 valence electrons. The lowest BCUT2D eigenvalue weighted by Gasteiger charge is -2.34. The van der Waals surface area contributed by atoms with Crippen LogP contribution in [0, 0.1) is 6.92 Å². The summed E-state index contributed by atoms with van der Waals surface area (Å²) >= 11 is 3.77. The van der Waals surface area contributed by atoms with Crippen LogP contribution in [-0.4, -0.2) is 27.2 Å². The van der Waals surface area contributed by atoms with Gasteiger partial charge in [0.25, 0.3) is 5.56 Å². The molecule has 0 bridgehead atoms. The molecule has 0 spiro atoms. The van der Waals surface area contributed by atoms with Gasteiger partial charge in [-0.2, -0.15) is 35.1 Å². The third-order valence-corrected chi connectivity index (χ3v) is 2.83. The van der Waals surface area contributed by atoms with Gasteiger partial charge in [-0.05, 0) is 18.5 Å². The van der Waals surface area contributed by atoms with Crippen molar-refractivity contribution in [2.24, 2.45) is 0 Å². The number of hydrogen-bond donors (Lipinski definition) is 2. The Morgan fingerprint density at radius 1 is 0.864 bits per heavy atom. The van der Waals surface area contributed by atoms with Gasteiger partial charge in [0.1, 0.15) is 5.56 Å². The number of hydrogen-bond acceptors (Lipinski definition) is 2. The van der Waals surface area contributed by atoms with Gasteiger partial charge in [0.15, 0.2) is 0 Å². The van der Waals surface area contributed by atoms with Gasteiger partial charge in [0.2, 0.25) is 0 Å². The third kappa shape index (κ3) is 2.48. The van der Waals surface area contributed by atoms with E-state index < -0.39 is 45.7 Å². The lowest BCUT2D eigenvalue weighted by molar-refractivity contribution is -0.353. The molecule has 1 rings (SSSR count). The minimum Gasteiger partial charge on any atom is -0.311 e. The second kappa shape index (κ2) is 4.96. The molecule has 0 saturated heterocycles. The van der Waals surface area contributed by atoms with Crippen LogP contribution in [0.3, 0.4) is 0 Å². The van der Waals surface area contributed by atoms with Crippen LogP contribution in [0.4, 0.5) is 35.1 Å². The number of rotatable bonds is 4. The van der Waals surface area contributed by atoms with Gasteiger partial charge in [-0.1, -0.05) is 0 Å². The summed E-state index contributed by atoms with van der Waals surface area (Å²) in [6.45, 7) is 0.521. The van der Waals surface area contributed by atoms with Crippen molar-refractivity contribution >= 4 is 11.6 Å². The van der Waals surface area contributed by atoms with Crippen LogP contribution in [0.25, 0.3) is 0 Å². The summed E-state index contributed by atoms with van der Waals surface area (Å²) in [6, 6.07) is 0. The molecule has 0 radical (unpaired) electrons. The van der Waals surface area contributed by atoms with Crippen molar-refractivity contribution in [3.8, 4) is 0 Å². The highest BCUT2D eigenvalue weighted by atomic mass is 35.5. The standard InChI is InChI=1S/C9H5ClF8N2O2/c1-2-3(4(21)20-5(22)19-2)6(11,12)7(13,14)8(15,16)9(10,17)18/h1H3,(H2,19,20,21,22). The Labute approximate surface area is 120 Å². The van der Waals surface area contributed by atoms with Crippen LogP contribution < -0.4 is 11.2 Å². The number of nitrogens with one attached hydrogen (secondary N) is 2. The van der Waals surface area contributed by atoms with E-state index in [0.717, 1.165) is 4.98 Å². The zero-order valence-corrected chi connectivity index (χ0v) is 11.0. The predicted molar refractivity (Wildman–Crippen MR) is 57.0 cm³/mol. The summed E-state index contributed by atoms with van der Waals surface area (Å²) in [5.74, 6) is -19.5. The Morgan fingerprint density at radius 2 is 1.32 bits per heavy atom. The maximum Gasteiger partial charge on any atom is 0.393 e. The summed E-state index contributed by atoms with van der Waals surface area (Å²) < 4.78 is 105. The smallest absolute Gasteiger partial charge is 0.311 e. The van der Waals surface area contributed by atoms with Gasteiger partial charge in [-0.15, -0.1) is 0 Å². The van der Waals surface area contributed by atoms with E-state index in [1.54, 1.807) is 0 Å². The van der Waals surface area contributed by atoms with Crippen molar-refractivity contribution in [3.63, 3.8) is 0 Å². The van der Waals surface area contributed by atoms with Gasteiger partial charge in [-0.3, -0.25) is 9.78 Å². The molecule has 0 fully saturated rings. The molecule has 0 aliphatic rings. The highest BCUT2D eigenvalue weighted by Crippen LogP contribution is 2.56. The number of H-pyrrole nitrogens is 2. The molecule has 4 nitrogen and oxygen atoms in total. The second-order valence-corrected chi connectivity index (χ2v) is 4.60. The highest BCUT2D eigenvalue weighted by Gasteiger charge is 2.81. The van der Waals surface area contributed by atoms with Crippen LogP contribution >= 0.6 is 11.6 Å². The van der Waals surface area contributed by atoms with Crippen LogP contribution in [0.1, 0.15) is 11.3 Å². The van der Waals surface area contributed by atoms with E-state index in [0.29, 0.717) is 6.92 Å². The first kappa shape index (κ1) is 18.5. The zero-order chi connectivity index (χ0) is 17.7. The van der Waals surface area contributed by atoms with Gasteiger partial charge < -0.3 is 4.98 Å². The molecule has 0 aliphatic heterocycles. The first-order valence-corrected chi connectivity index (χ1v) is 5.49. The Balaban J connectivity index is 3.67. The molecule has 0 saturated carbocycles. The van der Waals surface area contributed by atoms with E-state index in [2.05, 4.69) is 11.6 Å². The summed E-state index contributed by atoms with van der Waals surface area (Å²) in [6.07, 6.45) is 0. The average Bonchev–Trinajstić information content (AvgIpc) is 2.24. The van der Waals surface area contributed by atoms with Gasteiger partial charge in [0, 0.05) is 5.69 Å². The molecule has 1 aromatic rings. The van der Waals surface area contributed by atoms with Crippen molar-refractivity contribution in [2.75, 3.05) is 0 Å². The number of aromatic nitrogens is 2. The number of alkyl halides is 9. The van der Waals surface area contributed by atoms with E-state index in [-0.39, 0.29) is 0 Å². The molecule has 0 aromatic carbocycles. The first-order chi connectivity index (χ1) is 9.57. The van der Waals surface area contributed by atoms with E-state index in [1.165, 1.54) is 4.98 Å². The minimum absolute atomic E-state index is 0.521. The first-order valence-electron chi connectivity index (χ1n) is 5.11. The largest absolute Gasteiger partial charge is 0.393 e. The molecule has 0 unspecified atom stereocenters. The summed E-state index contributed by atoms with van der Waals surface area (Å²) in [5.41, 5.74) is -7.02. The Kier molecular flexibility index (Phi) is 4.16. The molecule has 1 heterocycles. The van der Waals surface area contributed by atoms with E-state index >= 15 is 0 Å². The molecule has 0 atom stereocenters. The maximum absolute atomic E-state index is 13.6. The monoisotopic (exact) mass is 360 g/mol. The van der Waals surface area contributed by atoms with E-state index in [4.69, 9.17) is 0 Å². The summed E-state index contributed by atoms with van der Waals surface area (Å²) in [4.78, 5) is 24.5. The Morgan fingerprint density at radius 3 is 1.68 bits per heavy atom. The van der Waals surface area contributed by atoms with E-state index in [9.17, 15) is 44.7 Å². The van der Waals surface area contributed by atoms with Crippen LogP contribution in [-0.2, 0) is 5.92 Å². The van der Waals surface area contributed by atoms with Crippen molar-refractivity contribution in [1.29, 1.82) is 0 Å². The average molecular weight is 361 g/mol. The Hall–Kier alpha value is -1.59. The quantitative estimate of drug-likeness (QED) is 0.640. The van der Waals surface area contributed by atoms with Crippen molar-refractivity contribution in [2.45, 2.75) is 30.1 Å². The number of aromatic amines is 2. The fourth-order valence-corrected chi connectivity index (χ4v) is 1.63. The molecule has 22 heavy (non-hydrogen) atoms. The van der Waals surface area contributed by atoms with Crippen molar-refractivity contribution < 1.29 is 35.1 Å². The molecule has 2 N–H and O–H groups in total. The summed E-state index contributed by atoms with van der Waals surface area (Å²) in [5, 5.41) is -6.03. The van der Waals surface area contributed by atoms with Crippen LogP contribution in [0.15, 0.2) is 9.59 Å². The van der Waals surface area contributed by atoms with Crippen LogP contribution in [0.5, 0.6) is 0 Å². The predicted octanol–water partition coefficient (Wildman–Crippen LogP) is 2.57. The molecule has 1 aromatic heterocycles. The maximum atomic E-state index is 13.6. The third-order valence-electron chi connectivity index (χ3n) is 2.59. The van der Waals surface area contributed by atoms with Gasteiger partial charge in [0.05, 0.1) is 0 Å². The molecule has 0 amide bonds. The number of halogens is 9. The topological polar surface area (TPSA) is 65.7 Å². The van der Waals surface area contributed by atoms with E-state index in [1.807, 2.05) is 0 Å². The zero-order valence-electron chi connectivity index (χ0n) is 10.2. The SMILES string of the molecule is Cc1[nH]c(=O)[nH]c(=O)c1C(F)(F)C(F)(F)C(F)(F)C(F)(F)Cl. The lowest BCUT2D eigenvalue weighted by atomic mass is 9.97. The second-order valence-electron chi connectivity index (χ2n) is 4.13. The molecule has 0 aliphatic carbocycles. The lowest BCUT2D eigenvalue weighted by Crippen LogP contribution is -2.60. The number of aryl methyl sites for hydroxylation is 1. The van der Waals surface area contributed by atoms with Crippen molar-refractivity contribution in [1.82, 2.24) is 9.97 Å². The Bertz CT molecular complexity index is 690. The van der Waals surface area contributed by atoms with Gasteiger partial charge >= 0.3 is 28.8 Å². The minimum atomic E-state index is -6.73. The van der Waals surface area contributed by atoms with Crippen molar-refractivity contribution in [3.05, 3.63) is 32.1 Å². The van der Waals surface area contributed by atoms with Crippen LogP contribution in [0.2, 0.25) is 0 Å². The molecule has 13 heteroatoms. The molecular weight excluding hydrogens is 356 g/mol. The summed E-state index contributed by atoms with van der Waals surface area (Å²) in [7, 11) is 0. The molecular formula is C9H5ClF8N2O2. The fourth-order valence-electron chi connectivity index (χ4n) is 1.51. The van der Waals surface area contributed by atoms with Gasteiger partial charge in [-0.25, -0.2) is 4.79 Å². The fraction of sp³-hybridized carbons (Fsp3) is 0.556.